The molecule has 1 aromatic carbocycles. The third kappa shape index (κ3) is 7.63. The van der Waals surface area contributed by atoms with Crippen LogP contribution >= 0.6 is 11.8 Å². The normalized spacial score (nSPS) is 22.1. The number of aliphatic imine (C=N–C) groups is 1. The van der Waals surface area contributed by atoms with Crippen molar-refractivity contribution < 1.29 is 9.53 Å². The Bertz CT molecular complexity index is 713. The number of benzene rings is 1. The van der Waals surface area contributed by atoms with Gasteiger partial charge in [-0.2, -0.15) is 11.8 Å². The average molecular weight is 447 g/mol. The Morgan fingerprint density at radius 3 is 2.65 bits per heavy atom. The average Bonchev–Trinajstić information content (AvgIpc) is 2.80. The molecule has 3 rings (SSSR count). The highest BCUT2D eigenvalue weighted by molar-refractivity contribution is 7.99. The lowest BCUT2D eigenvalue weighted by Gasteiger charge is -2.34. The molecule has 2 N–H and O–H groups in total. The van der Waals surface area contributed by atoms with Crippen molar-refractivity contribution in [3.05, 3.63) is 29.8 Å². The summed E-state index contributed by atoms with van der Waals surface area (Å²) in [6, 6.07) is 8.49. The van der Waals surface area contributed by atoms with Crippen molar-refractivity contribution in [2.75, 3.05) is 44.3 Å². The first-order valence-electron chi connectivity index (χ1n) is 11.8. The van der Waals surface area contributed by atoms with Gasteiger partial charge in [0.25, 0.3) is 0 Å². The number of aryl methyl sites for hydroxylation is 1. The predicted octanol–water partition coefficient (Wildman–Crippen LogP) is 3.45. The zero-order valence-electron chi connectivity index (χ0n) is 19.1. The van der Waals surface area contributed by atoms with Crippen molar-refractivity contribution in [2.45, 2.75) is 52.0 Å². The van der Waals surface area contributed by atoms with E-state index in [1.165, 1.54) is 0 Å². The van der Waals surface area contributed by atoms with Crippen LogP contribution in [-0.2, 0) is 4.79 Å². The Hall–Kier alpha value is -1.89. The van der Waals surface area contributed by atoms with E-state index in [2.05, 4.69) is 35.4 Å². The van der Waals surface area contributed by atoms with Gasteiger partial charge in [-0.05, 0) is 51.2 Å². The van der Waals surface area contributed by atoms with Crippen LogP contribution in [0.25, 0.3) is 0 Å². The largest absolute Gasteiger partial charge is 0.493 e. The smallest absolute Gasteiger partial charge is 0.225 e. The van der Waals surface area contributed by atoms with E-state index in [0.29, 0.717) is 18.6 Å². The fraction of sp³-hybridized carbons (Fsp3) is 0.667. The maximum Gasteiger partial charge on any atom is 0.225 e. The van der Waals surface area contributed by atoms with Crippen LogP contribution in [0.5, 0.6) is 5.75 Å². The summed E-state index contributed by atoms with van der Waals surface area (Å²) >= 11 is 1.95. The minimum absolute atomic E-state index is 0.208. The van der Waals surface area contributed by atoms with Crippen LogP contribution in [0.3, 0.4) is 0 Å². The Morgan fingerprint density at radius 1 is 1.19 bits per heavy atom. The van der Waals surface area contributed by atoms with Gasteiger partial charge in [0.15, 0.2) is 5.96 Å². The molecule has 0 radical (unpaired) electrons. The molecular formula is C24H38N4O2S. The molecule has 2 fully saturated rings. The zero-order chi connectivity index (χ0) is 21.9. The number of para-hydroxylation sites is 1. The first kappa shape index (κ1) is 23.8. The summed E-state index contributed by atoms with van der Waals surface area (Å²) in [5, 5.41) is 6.94. The highest BCUT2D eigenvalue weighted by Gasteiger charge is 2.30. The van der Waals surface area contributed by atoms with Crippen LogP contribution in [0.4, 0.5) is 0 Å². The molecule has 0 unspecified atom stereocenters. The number of hydrogen-bond acceptors (Lipinski definition) is 4. The first-order chi connectivity index (χ1) is 15.2. The molecule has 1 saturated carbocycles. The Balaban J connectivity index is 1.38. The lowest BCUT2D eigenvalue weighted by Crippen LogP contribution is -2.47. The van der Waals surface area contributed by atoms with Gasteiger partial charge in [0.1, 0.15) is 5.75 Å². The minimum Gasteiger partial charge on any atom is -0.493 e. The summed E-state index contributed by atoms with van der Waals surface area (Å²) in [5.74, 6) is 4.59. The molecule has 1 heterocycles. The number of guanidine groups is 1. The second-order valence-electron chi connectivity index (χ2n) is 8.36. The second-order valence-corrected chi connectivity index (χ2v) is 9.58. The molecule has 0 atom stereocenters. The SMILES string of the molecule is CCNC(=NCCCOc1ccccc1C)NC1CCC(C(=O)N2CCSCC2)CC1. The summed E-state index contributed by atoms with van der Waals surface area (Å²) in [4.78, 5) is 19.6. The number of ether oxygens (including phenoxy) is 1. The standard InChI is InChI=1S/C24H38N4O2S/c1-3-25-24(26-13-6-16-30-22-8-5-4-7-19(22)2)27-21-11-9-20(10-12-21)23(29)28-14-17-31-18-15-28/h4-5,7-8,20-21H,3,6,9-18H2,1-2H3,(H2,25,26,27). The molecule has 1 aliphatic heterocycles. The lowest BCUT2D eigenvalue weighted by molar-refractivity contribution is -0.136. The number of nitrogens with zero attached hydrogens (tertiary/aromatic N) is 2. The summed E-state index contributed by atoms with van der Waals surface area (Å²) < 4.78 is 5.87. The number of thioether (sulfide) groups is 1. The maximum atomic E-state index is 12.8. The number of hydrogen-bond donors (Lipinski definition) is 2. The second kappa shape index (κ2) is 12.8. The molecule has 0 spiro atoms. The number of amides is 1. The van der Waals surface area contributed by atoms with Crippen molar-refractivity contribution in [3.63, 3.8) is 0 Å². The van der Waals surface area contributed by atoms with Gasteiger partial charge >= 0.3 is 0 Å². The van der Waals surface area contributed by atoms with Gasteiger partial charge in [0, 0.05) is 56.1 Å². The minimum atomic E-state index is 0.208. The van der Waals surface area contributed by atoms with Crippen molar-refractivity contribution in [1.82, 2.24) is 15.5 Å². The predicted molar refractivity (Wildman–Crippen MR) is 130 cm³/mol. The van der Waals surface area contributed by atoms with Crippen LogP contribution in [0.15, 0.2) is 29.3 Å². The Morgan fingerprint density at radius 2 is 1.94 bits per heavy atom. The first-order valence-corrected chi connectivity index (χ1v) is 12.9. The van der Waals surface area contributed by atoms with Gasteiger partial charge in [0.2, 0.25) is 5.91 Å². The van der Waals surface area contributed by atoms with E-state index < -0.39 is 0 Å². The molecule has 6 nitrogen and oxygen atoms in total. The van der Waals surface area contributed by atoms with Gasteiger partial charge < -0.3 is 20.3 Å². The topological polar surface area (TPSA) is 66.0 Å². The highest BCUT2D eigenvalue weighted by Crippen LogP contribution is 2.27. The summed E-state index contributed by atoms with van der Waals surface area (Å²) in [5.41, 5.74) is 1.16. The lowest BCUT2D eigenvalue weighted by atomic mass is 9.85. The molecule has 1 aromatic rings. The van der Waals surface area contributed by atoms with Crippen molar-refractivity contribution in [1.29, 1.82) is 0 Å². The van der Waals surface area contributed by atoms with Crippen LogP contribution in [0.1, 0.15) is 44.6 Å². The van der Waals surface area contributed by atoms with E-state index in [4.69, 9.17) is 9.73 Å². The van der Waals surface area contributed by atoms with E-state index in [-0.39, 0.29) is 5.92 Å². The molecule has 0 aromatic heterocycles. The zero-order valence-corrected chi connectivity index (χ0v) is 19.9. The maximum absolute atomic E-state index is 12.8. The van der Waals surface area contributed by atoms with E-state index in [0.717, 1.165) is 87.1 Å². The quantitative estimate of drug-likeness (QED) is 0.364. The molecule has 2 aliphatic rings. The Labute approximate surface area is 191 Å². The summed E-state index contributed by atoms with van der Waals surface area (Å²) in [6.45, 7) is 8.23. The van der Waals surface area contributed by atoms with E-state index >= 15 is 0 Å². The molecule has 1 saturated heterocycles. The number of rotatable bonds is 8. The van der Waals surface area contributed by atoms with E-state index in [9.17, 15) is 4.79 Å². The fourth-order valence-corrected chi connectivity index (χ4v) is 5.10. The number of carbonyl (C=O) groups excluding carboxylic acids is 1. The van der Waals surface area contributed by atoms with Crippen molar-refractivity contribution >= 4 is 23.6 Å². The number of nitrogens with one attached hydrogen (secondary N) is 2. The Kier molecular flexibility index (Phi) is 9.85. The monoisotopic (exact) mass is 446 g/mol. The summed E-state index contributed by atoms with van der Waals surface area (Å²) in [6.07, 6.45) is 4.88. The van der Waals surface area contributed by atoms with E-state index in [1.807, 2.05) is 30.0 Å². The van der Waals surface area contributed by atoms with Gasteiger partial charge in [-0.1, -0.05) is 18.2 Å². The van der Waals surface area contributed by atoms with Gasteiger partial charge in [0.05, 0.1) is 6.61 Å². The van der Waals surface area contributed by atoms with Gasteiger partial charge in [-0.3, -0.25) is 9.79 Å². The van der Waals surface area contributed by atoms with Crippen LogP contribution in [0, 0.1) is 12.8 Å². The van der Waals surface area contributed by atoms with Crippen molar-refractivity contribution in [3.8, 4) is 5.75 Å². The third-order valence-electron chi connectivity index (χ3n) is 6.01. The van der Waals surface area contributed by atoms with Crippen molar-refractivity contribution in [2.24, 2.45) is 10.9 Å². The molecule has 1 amide bonds. The number of carbonyl (C=O) groups is 1. The molecule has 172 valence electrons. The fourth-order valence-electron chi connectivity index (χ4n) is 4.20. The van der Waals surface area contributed by atoms with Crippen LogP contribution < -0.4 is 15.4 Å². The molecule has 0 bridgehead atoms. The molecule has 1 aliphatic carbocycles. The van der Waals surface area contributed by atoms with E-state index in [1.54, 1.807) is 0 Å². The molecule has 31 heavy (non-hydrogen) atoms. The highest BCUT2D eigenvalue weighted by atomic mass is 32.2. The van der Waals surface area contributed by atoms with Gasteiger partial charge in [-0.25, -0.2) is 0 Å². The summed E-state index contributed by atoms with van der Waals surface area (Å²) in [7, 11) is 0. The third-order valence-corrected chi connectivity index (χ3v) is 6.95. The van der Waals surface area contributed by atoms with Crippen LogP contribution in [0.2, 0.25) is 0 Å². The molecule has 7 heteroatoms. The van der Waals surface area contributed by atoms with Crippen LogP contribution in [-0.4, -0.2) is 67.1 Å². The molecular weight excluding hydrogens is 408 g/mol. The van der Waals surface area contributed by atoms with Gasteiger partial charge in [-0.15, -0.1) is 0 Å².